The molecule has 0 fully saturated rings. The van der Waals surface area contributed by atoms with Gasteiger partial charge in [0.25, 0.3) is 5.69 Å². The van der Waals surface area contributed by atoms with Gasteiger partial charge in [0.1, 0.15) is 11.6 Å². The van der Waals surface area contributed by atoms with E-state index in [9.17, 15) is 14.5 Å². The summed E-state index contributed by atoms with van der Waals surface area (Å²) in [7, 11) is 0. The quantitative estimate of drug-likeness (QED) is 0.654. The molecule has 19 heavy (non-hydrogen) atoms. The molecule has 1 aromatic carbocycles. The smallest absolute Gasteiger partial charge is 0.272 e. The second-order valence-corrected chi connectivity index (χ2v) is 4.08. The summed E-state index contributed by atoms with van der Waals surface area (Å²) >= 11 is 0. The molecular formula is C12H13FN4O2. The van der Waals surface area contributed by atoms with Crippen molar-refractivity contribution in [3.63, 3.8) is 0 Å². The van der Waals surface area contributed by atoms with E-state index in [2.05, 4.69) is 4.98 Å². The van der Waals surface area contributed by atoms with Gasteiger partial charge in [0.2, 0.25) is 0 Å². The fraction of sp³-hybridized carbons (Fsp3) is 0.250. The molecule has 0 bridgehead atoms. The summed E-state index contributed by atoms with van der Waals surface area (Å²) in [6.45, 7) is 0.786. The highest BCUT2D eigenvalue weighted by Crippen LogP contribution is 2.17. The van der Waals surface area contributed by atoms with Crippen LogP contribution in [0, 0.1) is 15.9 Å². The van der Waals surface area contributed by atoms with E-state index in [0.29, 0.717) is 25.1 Å². The standard InChI is InChI=1S/C12H13FN4O2/c13-10-5-9(6-11(7-10)17(18)19)8-16-4-3-15-12(16)1-2-14/h3-7H,1-2,8,14H2. The van der Waals surface area contributed by atoms with Gasteiger partial charge in [-0.25, -0.2) is 9.37 Å². The molecule has 0 spiro atoms. The number of rotatable bonds is 5. The van der Waals surface area contributed by atoms with Crippen molar-refractivity contribution in [1.82, 2.24) is 9.55 Å². The number of non-ortho nitro benzene ring substituents is 1. The number of nitrogens with two attached hydrogens (primary N) is 1. The zero-order chi connectivity index (χ0) is 13.8. The normalized spacial score (nSPS) is 10.6. The van der Waals surface area contributed by atoms with E-state index >= 15 is 0 Å². The number of nitrogens with zero attached hydrogens (tertiary/aromatic N) is 3. The van der Waals surface area contributed by atoms with Gasteiger partial charge in [0.15, 0.2) is 0 Å². The second-order valence-electron chi connectivity index (χ2n) is 4.08. The predicted molar refractivity (Wildman–Crippen MR) is 67.1 cm³/mol. The maximum atomic E-state index is 13.3. The van der Waals surface area contributed by atoms with Crippen molar-refractivity contribution in [3.8, 4) is 0 Å². The van der Waals surface area contributed by atoms with Crippen molar-refractivity contribution in [3.05, 3.63) is 57.9 Å². The van der Waals surface area contributed by atoms with Gasteiger partial charge in [-0.2, -0.15) is 0 Å². The molecule has 0 radical (unpaired) electrons. The van der Waals surface area contributed by atoms with E-state index in [4.69, 9.17) is 5.73 Å². The molecule has 6 nitrogen and oxygen atoms in total. The molecule has 100 valence electrons. The summed E-state index contributed by atoms with van der Waals surface area (Å²) in [5, 5.41) is 10.7. The van der Waals surface area contributed by atoms with E-state index in [0.717, 1.165) is 11.9 Å². The number of benzene rings is 1. The molecule has 0 atom stereocenters. The van der Waals surface area contributed by atoms with E-state index in [1.807, 2.05) is 0 Å². The summed E-state index contributed by atoms with van der Waals surface area (Å²) in [6, 6.07) is 3.53. The highest BCUT2D eigenvalue weighted by atomic mass is 19.1. The maximum absolute atomic E-state index is 13.3. The lowest BCUT2D eigenvalue weighted by molar-refractivity contribution is -0.385. The number of hydrogen-bond donors (Lipinski definition) is 1. The molecule has 0 aliphatic carbocycles. The first-order valence-corrected chi connectivity index (χ1v) is 5.74. The third-order valence-electron chi connectivity index (χ3n) is 2.68. The predicted octanol–water partition coefficient (Wildman–Crippen LogP) is 1.48. The van der Waals surface area contributed by atoms with Gasteiger partial charge < -0.3 is 10.3 Å². The van der Waals surface area contributed by atoms with Crippen molar-refractivity contribution in [2.75, 3.05) is 6.54 Å². The van der Waals surface area contributed by atoms with Crippen LogP contribution in [0.25, 0.3) is 0 Å². The lowest BCUT2D eigenvalue weighted by Gasteiger charge is -2.07. The SMILES string of the molecule is NCCc1nccn1Cc1cc(F)cc([N+](=O)[O-])c1. The number of hydrogen-bond acceptors (Lipinski definition) is 4. The van der Waals surface area contributed by atoms with Crippen molar-refractivity contribution >= 4 is 5.69 Å². The summed E-state index contributed by atoms with van der Waals surface area (Å²) in [6.07, 6.45) is 3.96. The Morgan fingerprint density at radius 2 is 2.21 bits per heavy atom. The van der Waals surface area contributed by atoms with Crippen LogP contribution in [-0.2, 0) is 13.0 Å². The first kappa shape index (κ1) is 13.2. The van der Waals surface area contributed by atoms with Crippen LogP contribution in [0.5, 0.6) is 0 Å². The average molecular weight is 264 g/mol. The lowest BCUT2D eigenvalue weighted by atomic mass is 10.2. The Morgan fingerprint density at radius 1 is 1.42 bits per heavy atom. The van der Waals surface area contributed by atoms with Crippen molar-refractivity contribution < 1.29 is 9.31 Å². The molecule has 0 unspecified atom stereocenters. The second kappa shape index (κ2) is 5.57. The fourth-order valence-corrected chi connectivity index (χ4v) is 1.87. The van der Waals surface area contributed by atoms with E-state index in [1.54, 1.807) is 17.0 Å². The Hall–Kier alpha value is -2.28. The summed E-state index contributed by atoms with van der Waals surface area (Å²) in [4.78, 5) is 14.2. The van der Waals surface area contributed by atoms with Crippen LogP contribution < -0.4 is 5.73 Å². The first-order chi connectivity index (χ1) is 9.10. The van der Waals surface area contributed by atoms with Crippen molar-refractivity contribution in [2.24, 2.45) is 5.73 Å². The molecule has 0 aliphatic heterocycles. The molecule has 7 heteroatoms. The minimum atomic E-state index is -0.621. The van der Waals surface area contributed by atoms with Crippen LogP contribution in [0.15, 0.2) is 30.6 Å². The van der Waals surface area contributed by atoms with Crippen LogP contribution in [0.4, 0.5) is 10.1 Å². The molecule has 2 aromatic rings. The number of imidazole rings is 1. The molecule has 0 amide bonds. The third-order valence-corrected chi connectivity index (χ3v) is 2.68. The van der Waals surface area contributed by atoms with E-state index < -0.39 is 10.7 Å². The van der Waals surface area contributed by atoms with Crippen LogP contribution in [0.1, 0.15) is 11.4 Å². The number of nitro groups is 1. The summed E-state index contributed by atoms with van der Waals surface area (Å²) in [5.74, 6) is 0.152. The topological polar surface area (TPSA) is 87.0 Å². The molecular weight excluding hydrogens is 251 g/mol. The van der Waals surface area contributed by atoms with Crippen molar-refractivity contribution in [1.29, 1.82) is 0 Å². The van der Waals surface area contributed by atoms with Gasteiger partial charge in [-0.3, -0.25) is 10.1 Å². The van der Waals surface area contributed by atoms with E-state index in [-0.39, 0.29) is 5.69 Å². The zero-order valence-corrected chi connectivity index (χ0v) is 10.1. The molecule has 1 aromatic heterocycles. The maximum Gasteiger partial charge on any atom is 0.272 e. The Bertz CT molecular complexity index is 597. The molecule has 0 aliphatic rings. The molecule has 0 saturated carbocycles. The Kier molecular flexibility index (Phi) is 3.86. The minimum absolute atomic E-state index is 0.254. The molecule has 2 N–H and O–H groups in total. The number of aromatic nitrogens is 2. The zero-order valence-electron chi connectivity index (χ0n) is 10.1. The third kappa shape index (κ3) is 3.14. The largest absolute Gasteiger partial charge is 0.330 e. The summed E-state index contributed by atoms with van der Waals surface area (Å²) < 4.78 is 15.1. The highest BCUT2D eigenvalue weighted by molar-refractivity contribution is 5.35. The van der Waals surface area contributed by atoms with Gasteiger partial charge in [0.05, 0.1) is 11.0 Å². The Morgan fingerprint density at radius 3 is 2.89 bits per heavy atom. The van der Waals surface area contributed by atoms with Crippen LogP contribution in [0.3, 0.4) is 0 Å². The van der Waals surface area contributed by atoms with Gasteiger partial charge in [-0.05, 0) is 18.2 Å². The minimum Gasteiger partial charge on any atom is -0.330 e. The first-order valence-electron chi connectivity index (χ1n) is 5.74. The molecule has 1 heterocycles. The van der Waals surface area contributed by atoms with E-state index in [1.165, 1.54) is 12.1 Å². The summed E-state index contributed by atoms with van der Waals surface area (Å²) in [5.41, 5.74) is 5.73. The number of halogens is 1. The highest BCUT2D eigenvalue weighted by Gasteiger charge is 2.11. The van der Waals surface area contributed by atoms with Crippen LogP contribution in [-0.4, -0.2) is 21.0 Å². The fourth-order valence-electron chi connectivity index (χ4n) is 1.87. The lowest BCUT2D eigenvalue weighted by Crippen LogP contribution is -2.10. The van der Waals surface area contributed by atoms with Crippen LogP contribution in [0.2, 0.25) is 0 Å². The van der Waals surface area contributed by atoms with Gasteiger partial charge in [0, 0.05) is 31.4 Å². The van der Waals surface area contributed by atoms with Gasteiger partial charge in [-0.1, -0.05) is 0 Å². The Labute approximate surface area is 108 Å². The average Bonchev–Trinajstić information content (AvgIpc) is 2.76. The Balaban J connectivity index is 2.27. The number of nitro benzene ring substituents is 1. The molecule has 0 saturated heterocycles. The molecule has 2 rings (SSSR count). The van der Waals surface area contributed by atoms with Crippen LogP contribution >= 0.6 is 0 Å². The van der Waals surface area contributed by atoms with Crippen molar-refractivity contribution in [2.45, 2.75) is 13.0 Å². The van der Waals surface area contributed by atoms with Gasteiger partial charge in [-0.15, -0.1) is 0 Å². The monoisotopic (exact) mass is 264 g/mol. The van der Waals surface area contributed by atoms with Gasteiger partial charge >= 0.3 is 0 Å².